The van der Waals surface area contributed by atoms with E-state index in [1.807, 2.05) is 0 Å². The molecule has 104 valence electrons. The topological polar surface area (TPSA) is 12.0 Å². The lowest BCUT2D eigenvalue weighted by Crippen LogP contribution is -2.16. The number of aryl methyl sites for hydroxylation is 1. The normalized spacial score (nSPS) is 14.4. The van der Waals surface area contributed by atoms with Gasteiger partial charge in [-0.15, -0.1) is 0 Å². The van der Waals surface area contributed by atoms with Gasteiger partial charge in [0.05, 0.1) is 0 Å². The largest absolute Gasteiger partial charge is 0.313 e. The molecule has 0 spiro atoms. The smallest absolute Gasteiger partial charge is 0.0208 e. The molecule has 1 saturated carbocycles. The zero-order valence-electron chi connectivity index (χ0n) is 12.0. The van der Waals surface area contributed by atoms with E-state index in [4.69, 9.17) is 0 Å². The highest BCUT2D eigenvalue weighted by molar-refractivity contribution is 5.33. The highest BCUT2D eigenvalue weighted by Gasteiger charge is 2.25. The Morgan fingerprint density at radius 2 is 1.65 bits per heavy atom. The van der Waals surface area contributed by atoms with Crippen LogP contribution in [0, 0.1) is 0 Å². The second-order valence-electron chi connectivity index (χ2n) is 5.74. The Kier molecular flexibility index (Phi) is 4.49. The van der Waals surface area contributed by atoms with Crippen LogP contribution in [0.2, 0.25) is 0 Å². The maximum atomic E-state index is 3.59. The van der Waals surface area contributed by atoms with Crippen molar-refractivity contribution in [1.29, 1.82) is 0 Å². The summed E-state index contributed by atoms with van der Waals surface area (Å²) in [5.41, 5.74) is 4.51. The van der Waals surface area contributed by atoms with Gasteiger partial charge in [-0.3, -0.25) is 0 Å². The van der Waals surface area contributed by atoms with Crippen LogP contribution in [0.15, 0.2) is 54.6 Å². The summed E-state index contributed by atoms with van der Waals surface area (Å²) < 4.78 is 0. The van der Waals surface area contributed by atoms with Gasteiger partial charge in [0.25, 0.3) is 0 Å². The average Bonchev–Trinajstić information content (AvgIpc) is 3.33. The molecule has 0 unspecified atom stereocenters. The van der Waals surface area contributed by atoms with E-state index < -0.39 is 0 Å². The Morgan fingerprint density at radius 1 is 0.900 bits per heavy atom. The molecule has 1 aliphatic carbocycles. The summed E-state index contributed by atoms with van der Waals surface area (Å²) in [7, 11) is 0. The Balaban J connectivity index is 1.42. The van der Waals surface area contributed by atoms with Crippen LogP contribution in [-0.4, -0.2) is 6.54 Å². The molecule has 1 heteroatoms. The third-order valence-electron chi connectivity index (χ3n) is 4.05. The highest BCUT2D eigenvalue weighted by atomic mass is 14.8. The zero-order chi connectivity index (χ0) is 13.6. The van der Waals surface area contributed by atoms with Crippen LogP contribution < -0.4 is 5.32 Å². The lowest BCUT2D eigenvalue weighted by atomic mass is 10.0. The molecular formula is C19H23N. The van der Waals surface area contributed by atoms with Crippen molar-refractivity contribution in [2.24, 2.45) is 0 Å². The number of hydrogen-bond donors (Lipinski definition) is 1. The molecule has 0 bridgehead atoms. The van der Waals surface area contributed by atoms with E-state index in [2.05, 4.69) is 59.9 Å². The van der Waals surface area contributed by atoms with Gasteiger partial charge in [0.1, 0.15) is 0 Å². The highest BCUT2D eigenvalue weighted by Crippen LogP contribution is 2.41. The van der Waals surface area contributed by atoms with Crippen LogP contribution in [0.4, 0.5) is 0 Å². The molecule has 1 fully saturated rings. The molecule has 1 aliphatic rings. The molecule has 2 aromatic rings. The fourth-order valence-electron chi connectivity index (χ4n) is 2.77. The lowest BCUT2D eigenvalue weighted by Gasteiger charge is -2.10. The molecule has 3 rings (SSSR count). The number of hydrogen-bond acceptors (Lipinski definition) is 1. The van der Waals surface area contributed by atoms with E-state index in [0.717, 1.165) is 25.4 Å². The molecule has 0 atom stereocenters. The molecular weight excluding hydrogens is 242 g/mol. The van der Waals surface area contributed by atoms with Gasteiger partial charge in [-0.2, -0.15) is 0 Å². The van der Waals surface area contributed by atoms with Crippen molar-refractivity contribution in [3.63, 3.8) is 0 Å². The van der Waals surface area contributed by atoms with Crippen LogP contribution in [0.1, 0.15) is 41.9 Å². The quantitative estimate of drug-likeness (QED) is 0.737. The van der Waals surface area contributed by atoms with Gasteiger partial charge in [-0.25, -0.2) is 0 Å². The maximum Gasteiger partial charge on any atom is 0.0208 e. The molecule has 1 N–H and O–H groups in total. The molecule has 0 amide bonds. The van der Waals surface area contributed by atoms with Gasteiger partial charge in [0.2, 0.25) is 0 Å². The predicted octanol–water partition coefficient (Wildman–Crippen LogP) is 4.29. The van der Waals surface area contributed by atoms with Crippen molar-refractivity contribution in [2.45, 2.75) is 38.1 Å². The summed E-state index contributed by atoms with van der Waals surface area (Å²) in [5.74, 6) is 0.845. The van der Waals surface area contributed by atoms with Crippen molar-refractivity contribution in [1.82, 2.24) is 5.32 Å². The first-order chi connectivity index (χ1) is 9.93. The van der Waals surface area contributed by atoms with Crippen LogP contribution in [0.3, 0.4) is 0 Å². The monoisotopic (exact) mass is 265 g/mol. The second-order valence-corrected chi connectivity index (χ2v) is 5.74. The standard InChI is InChI=1S/C19H23N/c1-2-7-16(8-3-1)9-6-14-20-15-18-10-4-5-11-19(18)17-12-13-17/h1-5,7-8,10-11,17,20H,6,9,12-15H2. The first-order valence-electron chi connectivity index (χ1n) is 7.76. The summed E-state index contributed by atoms with van der Waals surface area (Å²) in [6, 6.07) is 19.7. The van der Waals surface area contributed by atoms with E-state index in [0.29, 0.717) is 0 Å². The second kappa shape index (κ2) is 6.71. The first kappa shape index (κ1) is 13.4. The molecule has 1 nitrogen and oxygen atoms in total. The first-order valence-corrected chi connectivity index (χ1v) is 7.76. The molecule has 2 aromatic carbocycles. The Hall–Kier alpha value is -1.60. The minimum atomic E-state index is 0.845. The molecule has 0 radical (unpaired) electrons. The van der Waals surface area contributed by atoms with Crippen molar-refractivity contribution >= 4 is 0 Å². The molecule has 0 aliphatic heterocycles. The SMILES string of the molecule is c1ccc(CCCNCc2ccccc2C2CC2)cc1. The number of rotatable bonds is 7. The van der Waals surface area contributed by atoms with E-state index in [1.165, 1.54) is 30.4 Å². The van der Waals surface area contributed by atoms with Crippen molar-refractivity contribution < 1.29 is 0 Å². The average molecular weight is 265 g/mol. The third-order valence-corrected chi connectivity index (χ3v) is 4.05. The fourth-order valence-corrected chi connectivity index (χ4v) is 2.77. The van der Waals surface area contributed by atoms with E-state index in [-0.39, 0.29) is 0 Å². The number of nitrogens with one attached hydrogen (secondary N) is 1. The van der Waals surface area contributed by atoms with Gasteiger partial charge in [0, 0.05) is 6.54 Å². The molecule has 0 aromatic heterocycles. The lowest BCUT2D eigenvalue weighted by molar-refractivity contribution is 0.646. The summed E-state index contributed by atoms with van der Waals surface area (Å²) in [5, 5.41) is 3.59. The van der Waals surface area contributed by atoms with E-state index >= 15 is 0 Å². The van der Waals surface area contributed by atoms with Gasteiger partial charge >= 0.3 is 0 Å². The van der Waals surface area contributed by atoms with Gasteiger partial charge < -0.3 is 5.32 Å². The van der Waals surface area contributed by atoms with Crippen LogP contribution >= 0.6 is 0 Å². The van der Waals surface area contributed by atoms with Gasteiger partial charge in [-0.05, 0) is 54.8 Å². The van der Waals surface area contributed by atoms with Crippen LogP contribution in [0.25, 0.3) is 0 Å². The van der Waals surface area contributed by atoms with E-state index in [9.17, 15) is 0 Å². The van der Waals surface area contributed by atoms with Crippen molar-refractivity contribution in [3.05, 3.63) is 71.3 Å². The Labute approximate surface area is 122 Å². The molecule has 0 saturated heterocycles. The summed E-state index contributed by atoms with van der Waals surface area (Å²) in [6.07, 6.45) is 5.13. The van der Waals surface area contributed by atoms with Crippen LogP contribution in [0.5, 0.6) is 0 Å². The third kappa shape index (κ3) is 3.71. The summed E-state index contributed by atoms with van der Waals surface area (Å²) in [6.45, 7) is 2.11. The minimum Gasteiger partial charge on any atom is -0.313 e. The van der Waals surface area contributed by atoms with Crippen LogP contribution in [-0.2, 0) is 13.0 Å². The Bertz CT molecular complexity index is 528. The fraction of sp³-hybridized carbons (Fsp3) is 0.368. The minimum absolute atomic E-state index is 0.845. The molecule has 20 heavy (non-hydrogen) atoms. The van der Waals surface area contributed by atoms with Gasteiger partial charge in [-0.1, -0.05) is 54.6 Å². The van der Waals surface area contributed by atoms with Gasteiger partial charge in [0.15, 0.2) is 0 Å². The summed E-state index contributed by atoms with van der Waals surface area (Å²) in [4.78, 5) is 0. The van der Waals surface area contributed by atoms with E-state index in [1.54, 1.807) is 5.56 Å². The van der Waals surface area contributed by atoms with Crippen molar-refractivity contribution in [3.8, 4) is 0 Å². The molecule has 0 heterocycles. The maximum absolute atomic E-state index is 3.59. The zero-order valence-corrected chi connectivity index (χ0v) is 12.0. The Morgan fingerprint density at radius 3 is 2.45 bits per heavy atom. The number of benzene rings is 2. The summed E-state index contributed by atoms with van der Waals surface area (Å²) >= 11 is 0. The predicted molar refractivity (Wildman–Crippen MR) is 84.9 cm³/mol. The van der Waals surface area contributed by atoms with Crippen molar-refractivity contribution in [2.75, 3.05) is 6.54 Å².